The Morgan fingerprint density at radius 2 is 2.12 bits per heavy atom. The molecule has 8 nitrogen and oxygen atoms in total. The summed E-state index contributed by atoms with van der Waals surface area (Å²) in [6.45, 7) is 5.97. The number of ether oxygens (including phenoxy) is 1. The van der Waals surface area contributed by atoms with Crippen molar-refractivity contribution < 1.29 is 19.4 Å². The molecule has 1 aromatic carbocycles. The lowest BCUT2D eigenvalue weighted by Crippen LogP contribution is -2.45. The summed E-state index contributed by atoms with van der Waals surface area (Å²) in [7, 11) is 0. The van der Waals surface area contributed by atoms with E-state index in [2.05, 4.69) is 21.3 Å². The van der Waals surface area contributed by atoms with Crippen molar-refractivity contribution in [2.24, 2.45) is 0 Å². The molecule has 0 saturated carbocycles. The van der Waals surface area contributed by atoms with Crippen LogP contribution >= 0.6 is 0 Å². The highest BCUT2D eigenvalue weighted by molar-refractivity contribution is 5.94. The van der Waals surface area contributed by atoms with Crippen molar-refractivity contribution in [2.75, 3.05) is 19.6 Å². The maximum absolute atomic E-state index is 12.5. The maximum Gasteiger partial charge on any atom is 0.338 e. The van der Waals surface area contributed by atoms with E-state index in [9.17, 15) is 14.7 Å². The number of aliphatic hydroxyl groups is 1. The molecule has 166 valence electrons. The number of nitriles is 1. The lowest BCUT2D eigenvalue weighted by Gasteiger charge is -2.33. The number of amides is 1. The number of likely N-dealkylation sites (tertiary alicyclic amines) is 1. The number of hydrogen-bond donors (Lipinski definition) is 2. The third-order valence-electron chi connectivity index (χ3n) is 6.38. The van der Waals surface area contributed by atoms with Crippen molar-refractivity contribution in [1.82, 2.24) is 15.2 Å². The van der Waals surface area contributed by atoms with Gasteiger partial charge in [0.05, 0.1) is 17.2 Å². The van der Waals surface area contributed by atoms with E-state index in [1.54, 1.807) is 19.1 Å². The fourth-order valence-corrected chi connectivity index (χ4v) is 4.39. The van der Waals surface area contributed by atoms with E-state index in [1.165, 1.54) is 6.20 Å². The van der Waals surface area contributed by atoms with Crippen LogP contribution in [0.3, 0.4) is 0 Å². The molecule has 32 heavy (non-hydrogen) atoms. The predicted octanol–water partition coefficient (Wildman–Crippen LogP) is 2.17. The Morgan fingerprint density at radius 3 is 2.81 bits per heavy atom. The SMILES string of the molecule is Cc1cc(C(=O)NC2CCN(CC(O)c3ccc4c(c3C)COC4=O)CC2)ncc1C#N. The Morgan fingerprint density at radius 1 is 1.38 bits per heavy atom. The normalized spacial score (nSPS) is 17.4. The van der Waals surface area contributed by atoms with Crippen LogP contribution in [0.1, 0.15) is 67.6 Å². The van der Waals surface area contributed by atoms with Crippen molar-refractivity contribution in [2.45, 2.75) is 45.4 Å². The Hall–Kier alpha value is -3.28. The van der Waals surface area contributed by atoms with E-state index >= 15 is 0 Å². The summed E-state index contributed by atoms with van der Waals surface area (Å²) in [5, 5.41) is 22.8. The highest BCUT2D eigenvalue weighted by atomic mass is 16.5. The van der Waals surface area contributed by atoms with Gasteiger partial charge in [0, 0.05) is 37.4 Å². The van der Waals surface area contributed by atoms with E-state index in [0.717, 1.165) is 48.2 Å². The number of piperidine rings is 1. The second-order valence-corrected chi connectivity index (χ2v) is 8.44. The number of aliphatic hydroxyl groups excluding tert-OH is 1. The molecule has 1 fully saturated rings. The van der Waals surface area contributed by atoms with Gasteiger partial charge in [0.1, 0.15) is 18.4 Å². The van der Waals surface area contributed by atoms with Gasteiger partial charge in [0.2, 0.25) is 0 Å². The minimum absolute atomic E-state index is 0.0403. The number of carbonyl (C=O) groups excluding carboxylic acids is 2. The number of rotatable bonds is 5. The number of β-amino-alcohol motifs (C(OH)–C–C–N with tert-alkyl or cyclic N) is 1. The molecule has 3 heterocycles. The number of fused-ring (bicyclic) bond motifs is 1. The van der Waals surface area contributed by atoms with Gasteiger partial charge >= 0.3 is 5.97 Å². The van der Waals surface area contributed by atoms with Crippen molar-refractivity contribution in [3.8, 4) is 6.07 Å². The summed E-state index contributed by atoms with van der Waals surface area (Å²) in [6.07, 6.45) is 2.32. The van der Waals surface area contributed by atoms with Crippen LogP contribution in [-0.2, 0) is 11.3 Å². The van der Waals surface area contributed by atoms with Crippen LogP contribution in [0.5, 0.6) is 0 Å². The van der Waals surface area contributed by atoms with E-state index in [-0.39, 0.29) is 24.5 Å². The molecule has 2 aliphatic heterocycles. The minimum atomic E-state index is -0.659. The molecule has 0 bridgehead atoms. The largest absolute Gasteiger partial charge is 0.457 e. The topological polar surface area (TPSA) is 116 Å². The maximum atomic E-state index is 12.5. The monoisotopic (exact) mass is 434 g/mol. The first kappa shape index (κ1) is 21.9. The highest BCUT2D eigenvalue weighted by Gasteiger charge is 2.28. The number of pyridine rings is 1. The average molecular weight is 434 g/mol. The van der Waals surface area contributed by atoms with Gasteiger partial charge in [-0.15, -0.1) is 0 Å². The number of nitrogens with zero attached hydrogens (tertiary/aromatic N) is 3. The van der Waals surface area contributed by atoms with Gasteiger partial charge < -0.3 is 20.1 Å². The van der Waals surface area contributed by atoms with Crippen molar-refractivity contribution >= 4 is 11.9 Å². The molecular weight excluding hydrogens is 408 g/mol. The van der Waals surface area contributed by atoms with Crippen molar-refractivity contribution in [3.63, 3.8) is 0 Å². The molecule has 4 rings (SSSR count). The van der Waals surface area contributed by atoms with Crippen LogP contribution in [0.4, 0.5) is 0 Å². The number of carbonyl (C=O) groups is 2. The number of cyclic esters (lactones) is 1. The summed E-state index contributed by atoms with van der Waals surface area (Å²) < 4.78 is 5.10. The molecule has 1 aromatic heterocycles. The smallest absolute Gasteiger partial charge is 0.338 e. The third kappa shape index (κ3) is 4.35. The zero-order chi connectivity index (χ0) is 22.8. The predicted molar refractivity (Wildman–Crippen MR) is 116 cm³/mol. The Bertz CT molecular complexity index is 1100. The molecule has 1 atom stereocenters. The Labute approximate surface area is 186 Å². The zero-order valence-electron chi connectivity index (χ0n) is 18.2. The molecule has 1 unspecified atom stereocenters. The van der Waals surface area contributed by atoms with E-state index < -0.39 is 6.10 Å². The Balaban J connectivity index is 1.31. The van der Waals surface area contributed by atoms with Crippen LogP contribution in [0, 0.1) is 25.2 Å². The minimum Gasteiger partial charge on any atom is -0.457 e. The molecule has 8 heteroatoms. The molecule has 1 amide bonds. The number of aromatic nitrogens is 1. The molecule has 2 aromatic rings. The van der Waals surface area contributed by atoms with Crippen LogP contribution in [-0.4, -0.2) is 52.5 Å². The summed E-state index contributed by atoms with van der Waals surface area (Å²) in [5.41, 5.74) is 4.68. The average Bonchev–Trinajstić information content (AvgIpc) is 3.16. The second-order valence-electron chi connectivity index (χ2n) is 8.44. The van der Waals surface area contributed by atoms with Gasteiger partial charge in [0.15, 0.2) is 0 Å². The van der Waals surface area contributed by atoms with Crippen LogP contribution < -0.4 is 5.32 Å². The fourth-order valence-electron chi connectivity index (χ4n) is 4.39. The highest BCUT2D eigenvalue weighted by Crippen LogP contribution is 2.29. The van der Waals surface area contributed by atoms with Gasteiger partial charge in [0.25, 0.3) is 5.91 Å². The number of aryl methyl sites for hydroxylation is 1. The first-order valence-electron chi connectivity index (χ1n) is 10.7. The van der Waals surface area contributed by atoms with Crippen LogP contribution in [0.25, 0.3) is 0 Å². The third-order valence-corrected chi connectivity index (χ3v) is 6.38. The number of esters is 1. The molecule has 0 aliphatic carbocycles. The van der Waals surface area contributed by atoms with E-state index in [4.69, 9.17) is 10.00 Å². The molecule has 2 aliphatic rings. The Kier molecular flexibility index (Phi) is 6.21. The number of hydrogen-bond acceptors (Lipinski definition) is 7. The standard InChI is InChI=1S/C24H26N4O4/c1-14-9-21(26-11-16(14)10-25)23(30)27-17-5-7-28(8-6-17)12-22(29)18-3-4-19-20(15(18)2)13-32-24(19)31/h3-4,9,11,17,22,29H,5-8,12-13H2,1-2H3,(H,27,30). The van der Waals surface area contributed by atoms with Gasteiger partial charge in [-0.05, 0) is 55.5 Å². The quantitative estimate of drug-likeness (QED) is 0.693. The van der Waals surface area contributed by atoms with Crippen LogP contribution in [0.15, 0.2) is 24.4 Å². The molecule has 2 N–H and O–H groups in total. The lowest BCUT2D eigenvalue weighted by molar-refractivity contribution is 0.0534. The van der Waals surface area contributed by atoms with Crippen molar-refractivity contribution in [3.05, 3.63) is 63.5 Å². The first-order valence-corrected chi connectivity index (χ1v) is 10.7. The molecule has 0 radical (unpaired) electrons. The van der Waals surface area contributed by atoms with Crippen LogP contribution in [0.2, 0.25) is 0 Å². The second kappa shape index (κ2) is 9.07. The number of benzene rings is 1. The van der Waals surface area contributed by atoms with Gasteiger partial charge in [-0.3, -0.25) is 4.79 Å². The molecule has 1 saturated heterocycles. The first-order chi connectivity index (χ1) is 15.4. The molecular formula is C24H26N4O4. The molecule has 0 spiro atoms. The summed E-state index contributed by atoms with van der Waals surface area (Å²) in [4.78, 5) is 30.5. The lowest BCUT2D eigenvalue weighted by atomic mass is 9.94. The fraction of sp³-hybridized carbons (Fsp3) is 0.417. The zero-order valence-corrected chi connectivity index (χ0v) is 18.2. The van der Waals surface area contributed by atoms with Gasteiger partial charge in [-0.25, -0.2) is 9.78 Å². The van der Waals surface area contributed by atoms with Gasteiger partial charge in [-0.1, -0.05) is 6.07 Å². The summed E-state index contributed by atoms with van der Waals surface area (Å²) >= 11 is 0. The van der Waals surface area contributed by atoms with Gasteiger partial charge in [-0.2, -0.15) is 5.26 Å². The summed E-state index contributed by atoms with van der Waals surface area (Å²) in [6, 6.07) is 7.27. The van der Waals surface area contributed by atoms with E-state index in [1.807, 2.05) is 13.0 Å². The number of nitrogens with one attached hydrogen (secondary N) is 1. The van der Waals surface area contributed by atoms with E-state index in [0.29, 0.717) is 23.4 Å². The van der Waals surface area contributed by atoms with Crippen molar-refractivity contribution in [1.29, 1.82) is 5.26 Å². The summed E-state index contributed by atoms with van der Waals surface area (Å²) in [5.74, 6) is -0.541.